The minimum atomic E-state index is -3.64. The molecule has 2 N–H and O–H groups in total. The van der Waals surface area contributed by atoms with Crippen molar-refractivity contribution in [3.05, 3.63) is 76.8 Å². The van der Waals surface area contributed by atoms with E-state index in [9.17, 15) is 13.2 Å². The fraction of sp³-hybridized carbons (Fsp3) is 0.227. The van der Waals surface area contributed by atoms with E-state index in [4.69, 9.17) is 17.3 Å². The van der Waals surface area contributed by atoms with Crippen LogP contribution in [0.4, 0.5) is 0 Å². The second kappa shape index (κ2) is 9.54. The molecule has 1 aliphatic heterocycles. The number of rotatable bonds is 4. The lowest BCUT2D eigenvalue weighted by atomic mass is 10.1. The number of hydrogen-bond acceptors (Lipinski definition) is 4. The predicted molar refractivity (Wildman–Crippen MR) is 125 cm³/mol. The molecule has 0 radical (unpaired) electrons. The summed E-state index contributed by atoms with van der Waals surface area (Å²) in [6.07, 6.45) is 0. The number of nitrogens with two attached hydrogens (primary N) is 1. The molecular weight excluding hydrogens is 457 g/mol. The van der Waals surface area contributed by atoms with E-state index in [-0.39, 0.29) is 36.3 Å². The first-order valence-electron chi connectivity index (χ1n) is 9.66. The standard InChI is InChI=1S/C22H22ClN3O3S.ClH/c23-20-7-5-19-14-21(8-6-18(19)13-20)30(28,29)26-11-9-25(10-12-26)22(27)17-3-1-16(15-24)2-4-17;/h1-8,13-14H,9-12,15,24H2;1H. The molecule has 0 saturated carbocycles. The van der Waals surface area contributed by atoms with Gasteiger partial charge >= 0.3 is 0 Å². The number of fused-ring (bicyclic) bond motifs is 1. The van der Waals surface area contributed by atoms with Crippen molar-refractivity contribution in [3.63, 3.8) is 0 Å². The Labute approximate surface area is 193 Å². The molecule has 9 heteroatoms. The Balaban J connectivity index is 0.00000272. The van der Waals surface area contributed by atoms with Crippen LogP contribution in [0.3, 0.4) is 0 Å². The zero-order valence-corrected chi connectivity index (χ0v) is 19.1. The Morgan fingerprint density at radius 3 is 2.16 bits per heavy atom. The van der Waals surface area contributed by atoms with Gasteiger partial charge in [0.2, 0.25) is 10.0 Å². The molecule has 0 unspecified atom stereocenters. The quantitative estimate of drug-likeness (QED) is 0.620. The fourth-order valence-corrected chi connectivity index (χ4v) is 5.24. The van der Waals surface area contributed by atoms with Crippen molar-refractivity contribution in [2.24, 2.45) is 5.73 Å². The third-order valence-corrected chi connectivity index (χ3v) is 7.50. The van der Waals surface area contributed by atoms with Crippen molar-refractivity contribution in [1.82, 2.24) is 9.21 Å². The summed E-state index contributed by atoms with van der Waals surface area (Å²) in [4.78, 5) is 14.6. The molecule has 4 rings (SSSR count). The number of halogens is 2. The molecule has 3 aromatic rings. The zero-order chi connectivity index (χ0) is 21.3. The molecule has 0 spiro atoms. The molecule has 0 bridgehead atoms. The third-order valence-electron chi connectivity index (χ3n) is 5.37. The lowest BCUT2D eigenvalue weighted by Crippen LogP contribution is -2.50. The summed E-state index contributed by atoms with van der Waals surface area (Å²) in [7, 11) is -3.64. The van der Waals surface area contributed by atoms with E-state index >= 15 is 0 Å². The number of benzene rings is 3. The van der Waals surface area contributed by atoms with Crippen LogP contribution in [0.25, 0.3) is 10.8 Å². The summed E-state index contributed by atoms with van der Waals surface area (Å²) in [5.74, 6) is -0.0989. The van der Waals surface area contributed by atoms with Gasteiger partial charge in [-0.2, -0.15) is 4.31 Å². The van der Waals surface area contributed by atoms with Crippen LogP contribution >= 0.6 is 24.0 Å². The van der Waals surface area contributed by atoms with Gasteiger partial charge < -0.3 is 10.6 Å². The Morgan fingerprint density at radius 1 is 0.903 bits per heavy atom. The Hall–Kier alpha value is -2.16. The van der Waals surface area contributed by atoms with Crippen molar-refractivity contribution >= 4 is 50.7 Å². The molecule has 0 atom stereocenters. The minimum absolute atomic E-state index is 0. The zero-order valence-electron chi connectivity index (χ0n) is 16.7. The van der Waals surface area contributed by atoms with Crippen LogP contribution in [-0.2, 0) is 16.6 Å². The maximum Gasteiger partial charge on any atom is 0.253 e. The number of hydrogen-bond donors (Lipinski definition) is 1. The van der Waals surface area contributed by atoms with Gasteiger partial charge in [0.25, 0.3) is 5.91 Å². The molecule has 31 heavy (non-hydrogen) atoms. The lowest BCUT2D eigenvalue weighted by Gasteiger charge is -2.34. The molecule has 0 aliphatic carbocycles. The molecule has 1 aliphatic rings. The maximum absolute atomic E-state index is 13.1. The molecule has 1 saturated heterocycles. The van der Waals surface area contributed by atoms with Crippen LogP contribution in [0.15, 0.2) is 65.6 Å². The minimum Gasteiger partial charge on any atom is -0.336 e. The van der Waals surface area contributed by atoms with Crippen molar-refractivity contribution in [3.8, 4) is 0 Å². The molecular formula is C22H23Cl2N3O3S. The number of nitrogens with zero attached hydrogens (tertiary/aromatic N) is 2. The van der Waals surface area contributed by atoms with Crippen LogP contribution < -0.4 is 5.73 Å². The number of sulfonamides is 1. The second-order valence-corrected chi connectivity index (χ2v) is 9.62. The van der Waals surface area contributed by atoms with Crippen molar-refractivity contribution in [2.75, 3.05) is 26.2 Å². The summed E-state index contributed by atoms with van der Waals surface area (Å²) < 4.78 is 27.6. The Bertz CT molecular complexity index is 1190. The van der Waals surface area contributed by atoms with Gasteiger partial charge in [0.15, 0.2) is 0 Å². The second-order valence-electron chi connectivity index (χ2n) is 7.25. The topological polar surface area (TPSA) is 83.7 Å². The number of piperazine rings is 1. The summed E-state index contributed by atoms with van der Waals surface area (Å²) in [6, 6.07) is 17.6. The van der Waals surface area contributed by atoms with Gasteiger partial charge in [0, 0.05) is 43.3 Å². The molecule has 6 nitrogen and oxygen atoms in total. The monoisotopic (exact) mass is 479 g/mol. The number of carbonyl (C=O) groups is 1. The van der Waals surface area contributed by atoms with E-state index in [1.54, 1.807) is 47.4 Å². The predicted octanol–water partition coefficient (Wildman–Crippen LogP) is 3.52. The van der Waals surface area contributed by atoms with Crippen LogP contribution in [0, 0.1) is 0 Å². The van der Waals surface area contributed by atoms with Crippen LogP contribution in [0.1, 0.15) is 15.9 Å². The highest BCUT2D eigenvalue weighted by Crippen LogP contribution is 2.25. The van der Waals surface area contributed by atoms with E-state index in [2.05, 4.69) is 0 Å². The highest BCUT2D eigenvalue weighted by Gasteiger charge is 2.30. The van der Waals surface area contributed by atoms with E-state index in [1.165, 1.54) is 4.31 Å². The van der Waals surface area contributed by atoms with E-state index in [0.29, 0.717) is 30.2 Å². The molecule has 1 fully saturated rings. The lowest BCUT2D eigenvalue weighted by molar-refractivity contribution is 0.0698. The number of amides is 1. The third kappa shape index (κ3) is 4.86. The van der Waals surface area contributed by atoms with Crippen molar-refractivity contribution in [2.45, 2.75) is 11.4 Å². The highest BCUT2D eigenvalue weighted by molar-refractivity contribution is 7.89. The van der Waals surface area contributed by atoms with Gasteiger partial charge in [-0.05, 0) is 52.7 Å². The molecule has 1 amide bonds. The van der Waals surface area contributed by atoms with Gasteiger partial charge in [-0.1, -0.05) is 35.9 Å². The maximum atomic E-state index is 13.1. The SMILES string of the molecule is Cl.NCc1ccc(C(=O)N2CCN(S(=O)(=O)c3ccc4cc(Cl)ccc4c3)CC2)cc1. The number of carbonyl (C=O) groups excluding carboxylic acids is 1. The van der Waals surface area contributed by atoms with Gasteiger partial charge in [0.05, 0.1) is 4.90 Å². The Morgan fingerprint density at radius 2 is 1.52 bits per heavy atom. The van der Waals surface area contributed by atoms with E-state index in [1.807, 2.05) is 18.2 Å². The molecule has 3 aromatic carbocycles. The van der Waals surface area contributed by atoms with Gasteiger partial charge in [-0.15, -0.1) is 12.4 Å². The Kier molecular flexibility index (Phi) is 7.24. The molecule has 164 valence electrons. The summed E-state index contributed by atoms with van der Waals surface area (Å²) >= 11 is 6.00. The average Bonchev–Trinajstić information content (AvgIpc) is 2.78. The summed E-state index contributed by atoms with van der Waals surface area (Å²) in [6.45, 7) is 1.63. The largest absolute Gasteiger partial charge is 0.336 e. The van der Waals surface area contributed by atoms with Gasteiger partial charge in [0.1, 0.15) is 0 Å². The van der Waals surface area contributed by atoms with Crippen molar-refractivity contribution < 1.29 is 13.2 Å². The average molecular weight is 480 g/mol. The highest BCUT2D eigenvalue weighted by atomic mass is 35.5. The van der Waals surface area contributed by atoms with Crippen LogP contribution in [-0.4, -0.2) is 49.7 Å². The first kappa shape index (κ1) is 23.5. The molecule has 0 aromatic heterocycles. The van der Waals surface area contributed by atoms with Gasteiger partial charge in [-0.25, -0.2) is 8.42 Å². The van der Waals surface area contributed by atoms with Crippen molar-refractivity contribution in [1.29, 1.82) is 0 Å². The summed E-state index contributed by atoms with van der Waals surface area (Å²) in [5.41, 5.74) is 7.14. The molecule has 1 heterocycles. The van der Waals surface area contributed by atoms with E-state index in [0.717, 1.165) is 16.3 Å². The van der Waals surface area contributed by atoms with Crippen LogP contribution in [0.5, 0.6) is 0 Å². The smallest absolute Gasteiger partial charge is 0.253 e. The van der Waals surface area contributed by atoms with E-state index < -0.39 is 10.0 Å². The first-order chi connectivity index (χ1) is 14.4. The van der Waals surface area contributed by atoms with Gasteiger partial charge in [-0.3, -0.25) is 4.79 Å². The fourth-order valence-electron chi connectivity index (χ4n) is 3.60. The van der Waals surface area contributed by atoms with Crippen LogP contribution in [0.2, 0.25) is 5.02 Å². The normalized spacial score (nSPS) is 15.0. The summed E-state index contributed by atoms with van der Waals surface area (Å²) in [5, 5.41) is 2.31. The first-order valence-corrected chi connectivity index (χ1v) is 11.5.